The molecule has 2 rings (SSSR count). The van der Waals surface area contributed by atoms with Gasteiger partial charge in [-0.25, -0.2) is 0 Å². The van der Waals surface area contributed by atoms with Crippen LogP contribution in [0.15, 0.2) is 24.3 Å². The van der Waals surface area contributed by atoms with Crippen LogP contribution in [0.4, 0.5) is 0 Å². The van der Waals surface area contributed by atoms with E-state index in [1.807, 2.05) is 25.1 Å². The van der Waals surface area contributed by atoms with Crippen LogP contribution in [0.2, 0.25) is 0 Å². The number of rotatable bonds is 2. The highest BCUT2D eigenvalue weighted by Gasteiger charge is 2.05. The molecule has 0 aliphatic heterocycles. The largest absolute Gasteiger partial charge is 0.497 e. The Kier molecular flexibility index (Phi) is 2.88. The predicted octanol–water partition coefficient (Wildman–Crippen LogP) is 3.79. The molecule has 1 aromatic carbocycles. The van der Waals surface area contributed by atoms with Crippen LogP contribution in [-0.2, 0) is 0 Å². The molecule has 0 spiro atoms. The second-order valence-electron chi connectivity index (χ2n) is 3.20. The van der Waals surface area contributed by atoms with Gasteiger partial charge in [0, 0.05) is 5.69 Å². The maximum Gasteiger partial charge on any atom is 0.159 e. The molecule has 4 heteroatoms. The van der Waals surface area contributed by atoms with Crippen LogP contribution >= 0.6 is 23.6 Å². The Morgan fingerprint density at radius 3 is 2.80 bits per heavy atom. The van der Waals surface area contributed by atoms with Crippen molar-refractivity contribution in [3.05, 3.63) is 33.9 Å². The molecule has 0 aliphatic carbocycles. The monoisotopic (exact) mass is 237 g/mol. The van der Waals surface area contributed by atoms with Gasteiger partial charge in [-0.15, -0.1) is 11.3 Å². The number of H-pyrrole nitrogens is 1. The van der Waals surface area contributed by atoms with Crippen molar-refractivity contribution < 1.29 is 4.74 Å². The van der Waals surface area contributed by atoms with Gasteiger partial charge in [-0.2, -0.15) is 0 Å². The van der Waals surface area contributed by atoms with Crippen molar-refractivity contribution in [3.8, 4) is 16.2 Å². The maximum absolute atomic E-state index is 5.19. The summed E-state index contributed by atoms with van der Waals surface area (Å²) < 4.78 is 6.00. The van der Waals surface area contributed by atoms with Crippen molar-refractivity contribution in [1.29, 1.82) is 0 Å². The molecule has 1 N–H and O–H groups in total. The predicted molar refractivity (Wildman–Crippen MR) is 66.2 cm³/mol. The Balaban J connectivity index is 2.53. The third-order valence-corrected chi connectivity index (χ3v) is 3.54. The molecule has 0 unspecified atom stereocenters. The van der Waals surface area contributed by atoms with Crippen LogP contribution in [0.1, 0.15) is 5.69 Å². The molecule has 1 heterocycles. The SMILES string of the molecule is COc1cccc(-c2sc(=S)[nH]c2C)c1. The van der Waals surface area contributed by atoms with E-state index in [1.54, 1.807) is 18.4 Å². The van der Waals surface area contributed by atoms with E-state index >= 15 is 0 Å². The highest BCUT2D eigenvalue weighted by Crippen LogP contribution is 2.30. The van der Waals surface area contributed by atoms with Crippen molar-refractivity contribution >= 4 is 23.6 Å². The molecule has 0 radical (unpaired) electrons. The standard InChI is InChI=1S/C11H11NOS2/c1-7-10(15-11(14)12-7)8-4-3-5-9(6-8)13-2/h3-6H,1-2H3,(H,12,14). The molecule has 0 aliphatic rings. The molecule has 2 aromatic rings. The number of nitrogens with one attached hydrogen (secondary N) is 1. The van der Waals surface area contributed by atoms with Gasteiger partial charge in [0.1, 0.15) is 5.75 Å². The van der Waals surface area contributed by atoms with E-state index in [-0.39, 0.29) is 0 Å². The van der Waals surface area contributed by atoms with Gasteiger partial charge in [-0.05, 0) is 36.8 Å². The lowest BCUT2D eigenvalue weighted by atomic mass is 10.1. The van der Waals surface area contributed by atoms with Crippen LogP contribution in [0.5, 0.6) is 5.75 Å². The van der Waals surface area contributed by atoms with Gasteiger partial charge in [-0.3, -0.25) is 0 Å². The van der Waals surface area contributed by atoms with Crippen LogP contribution in [0, 0.1) is 10.9 Å². The number of methoxy groups -OCH3 is 1. The summed E-state index contributed by atoms with van der Waals surface area (Å²) in [5, 5.41) is 0. The quantitative estimate of drug-likeness (QED) is 0.804. The first-order valence-electron chi connectivity index (χ1n) is 4.55. The van der Waals surface area contributed by atoms with Crippen LogP contribution < -0.4 is 4.74 Å². The first-order chi connectivity index (χ1) is 7.20. The zero-order valence-corrected chi connectivity index (χ0v) is 10.2. The van der Waals surface area contributed by atoms with E-state index in [4.69, 9.17) is 17.0 Å². The van der Waals surface area contributed by atoms with Crippen molar-refractivity contribution in [2.45, 2.75) is 6.92 Å². The Bertz CT molecular complexity index is 527. The highest BCUT2D eigenvalue weighted by atomic mass is 32.1. The average Bonchev–Trinajstić information content (AvgIpc) is 2.58. The van der Waals surface area contributed by atoms with Crippen molar-refractivity contribution in [2.24, 2.45) is 0 Å². The fourth-order valence-electron chi connectivity index (χ4n) is 1.44. The first-order valence-corrected chi connectivity index (χ1v) is 5.77. The molecule has 2 nitrogen and oxygen atoms in total. The molecular weight excluding hydrogens is 226 g/mol. The Morgan fingerprint density at radius 2 is 2.20 bits per heavy atom. The third kappa shape index (κ3) is 2.11. The van der Waals surface area contributed by atoms with E-state index in [1.165, 1.54) is 4.88 Å². The first kappa shape index (κ1) is 10.4. The zero-order chi connectivity index (χ0) is 10.8. The number of aromatic amines is 1. The highest BCUT2D eigenvalue weighted by molar-refractivity contribution is 7.73. The van der Waals surface area contributed by atoms with Crippen LogP contribution in [0.3, 0.4) is 0 Å². The summed E-state index contributed by atoms with van der Waals surface area (Å²) in [6.45, 7) is 2.03. The minimum absolute atomic E-state index is 0.810. The molecule has 15 heavy (non-hydrogen) atoms. The zero-order valence-electron chi connectivity index (χ0n) is 8.53. The lowest BCUT2D eigenvalue weighted by Gasteiger charge is -2.02. The number of hydrogen-bond donors (Lipinski definition) is 1. The summed E-state index contributed by atoms with van der Waals surface area (Å²) >= 11 is 6.70. The van der Waals surface area contributed by atoms with Gasteiger partial charge in [0.15, 0.2) is 3.95 Å². The molecule has 0 atom stereocenters. The van der Waals surface area contributed by atoms with Crippen molar-refractivity contribution in [1.82, 2.24) is 4.98 Å². The number of aryl methyl sites for hydroxylation is 1. The summed E-state index contributed by atoms with van der Waals surface area (Å²) in [6, 6.07) is 7.99. The van der Waals surface area contributed by atoms with E-state index in [9.17, 15) is 0 Å². The molecule has 0 saturated carbocycles. The number of thiazole rings is 1. The Labute approximate surface area is 97.6 Å². The van der Waals surface area contributed by atoms with E-state index in [0.29, 0.717) is 0 Å². The minimum Gasteiger partial charge on any atom is -0.497 e. The van der Waals surface area contributed by atoms with E-state index in [0.717, 1.165) is 21.0 Å². The lowest BCUT2D eigenvalue weighted by Crippen LogP contribution is -1.83. The van der Waals surface area contributed by atoms with Gasteiger partial charge >= 0.3 is 0 Å². The lowest BCUT2D eigenvalue weighted by molar-refractivity contribution is 0.415. The Hall–Kier alpha value is -1.13. The van der Waals surface area contributed by atoms with Gasteiger partial charge in [0.25, 0.3) is 0 Å². The topological polar surface area (TPSA) is 25.0 Å². The molecule has 1 aromatic heterocycles. The Morgan fingerprint density at radius 1 is 1.40 bits per heavy atom. The smallest absolute Gasteiger partial charge is 0.159 e. The van der Waals surface area contributed by atoms with Gasteiger partial charge in [0.2, 0.25) is 0 Å². The summed E-state index contributed by atoms with van der Waals surface area (Å²) in [5.41, 5.74) is 2.25. The van der Waals surface area contributed by atoms with E-state index in [2.05, 4.69) is 11.1 Å². The summed E-state index contributed by atoms with van der Waals surface area (Å²) in [7, 11) is 1.67. The van der Waals surface area contributed by atoms with Crippen molar-refractivity contribution in [2.75, 3.05) is 7.11 Å². The summed E-state index contributed by atoms with van der Waals surface area (Å²) in [4.78, 5) is 4.32. The summed E-state index contributed by atoms with van der Waals surface area (Å²) in [6.07, 6.45) is 0. The molecule has 0 saturated heterocycles. The molecule has 78 valence electrons. The fraction of sp³-hybridized carbons (Fsp3) is 0.182. The van der Waals surface area contributed by atoms with Gasteiger partial charge in [0.05, 0.1) is 12.0 Å². The molecule has 0 fully saturated rings. The molecular formula is C11H11NOS2. The van der Waals surface area contributed by atoms with Crippen LogP contribution in [0.25, 0.3) is 10.4 Å². The minimum atomic E-state index is 0.810. The maximum atomic E-state index is 5.19. The van der Waals surface area contributed by atoms with Gasteiger partial charge < -0.3 is 9.72 Å². The summed E-state index contributed by atoms with van der Waals surface area (Å²) in [5.74, 6) is 0.867. The second kappa shape index (κ2) is 4.16. The second-order valence-corrected chi connectivity index (χ2v) is 4.89. The van der Waals surface area contributed by atoms with E-state index < -0.39 is 0 Å². The molecule has 0 bridgehead atoms. The number of benzene rings is 1. The number of hydrogen-bond acceptors (Lipinski definition) is 3. The van der Waals surface area contributed by atoms with Crippen molar-refractivity contribution in [3.63, 3.8) is 0 Å². The molecule has 0 amide bonds. The number of ether oxygens (including phenoxy) is 1. The fourth-order valence-corrected chi connectivity index (χ4v) is 2.69. The normalized spacial score (nSPS) is 10.3. The number of aromatic nitrogens is 1. The average molecular weight is 237 g/mol. The van der Waals surface area contributed by atoms with Crippen LogP contribution in [-0.4, -0.2) is 12.1 Å². The van der Waals surface area contributed by atoms with Gasteiger partial charge in [-0.1, -0.05) is 12.1 Å². The third-order valence-electron chi connectivity index (χ3n) is 2.16.